The van der Waals surface area contributed by atoms with Gasteiger partial charge in [0, 0.05) is 18.6 Å². The molecule has 6 heteroatoms. The van der Waals surface area contributed by atoms with Gasteiger partial charge >= 0.3 is 0 Å². The first kappa shape index (κ1) is 17.3. The summed E-state index contributed by atoms with van der Waals surface area (Å²) in [6.45, 7) is 2.16. The third kappa shape index (κ3) is 4.10. The van der Waals surface area contributed by atoms with Crippen molar-refractivity contribution in [3.63, 3.8) is 0 Å². The van der Waals surface area contributed by atoms with Crippen LogP contribution in [0.25, 0.3) is 0 Å². The summed E-state index contributed by atoms with van der Waals surface area (Å²) in [5.74, 6) is -0.0157. The molecule has 0 radical (unpaired) electrons. The van der Waals surface area contributed by atoms with Crippen molar-refractivity contribution in [1.82, 2.24) is 0 Å². The number of nitro benzene ring substituents is 1. The van der Waals surface area contributed by atoms with Gasteiger partial charge in [0.05, 0.1) is 23.7 Å². The molecule has 130 valence electrons. The molecule has 2 aromatic carbocycles. The Bertz CT molecular complexity index is 744. The Hall–Kier alpha value is -2.57. The van der Waals surface area contributed by atoms with Gasteiger partial charge in [-0.05, 0) is 30.2 Å². The lowest BCUT2D eigenvalue weighted by molar-refractivity contribution is -0.384. The highest BCUT2D eigenvalue weighted by atomic mass is 16.6. The Balaban J connectivity index is 1.63. The zero-order chi connectivity index (χ0) is 17.8. The highest BCUT2D eigenvalue weighted by Gasteiger charge is 2.36. The van der Waals surface area contributed by atoms with Crippen molar-refractivity contribution in [1.29, 1.82) is 0 Å². The molecule has 1 aliphatic rings. The molecule has 2 aromatic rings. The molecule has 1 saturated heterocycles. The zero-order valence-corrected chi connectivity index (χ0v) is 13.8. The van der Waals surface area contributed by atoms with Crippen molar-refractivity contribution >= 4 is 11.5 Å². The number of ether oxygens (including phenoxy) is 2. The Morgan fingerprint density at radius 1 is 1.16 bits per heavy atom. The van der Waals surface area contributed by atoms with Crippen LogP contribution < -0.4 is 0 Å². The Morgan fingerprint density at radius 2 is 1.84 bits per heavy atom. The van der Waals surface area contributed by atoms with Gasteiger partial charge in [-0.15, -0.1) is 0 Å². The van der Waals surface area contributed by atoms with E-state index in [0.717, 1.165) is 11.1 Å². The van der Waals surface area contributed by atoms with Crippen molar-refractivity contribution < 1.29 is 19.2 Å². The highest BCUT2D eigenvalue weighted by molar-refractivity contribution is 5.85. The van der Waals surface area contributed by atoms with Crippen molar-refractivity contribution in [2.45, 2.75) is 38.3 Å². The summed E-state index contributed by atoms with van der Waals surface area (Å²) in [5.41, 5.74) is 1.77. The number of benzene rings is 2. The number of nitrogens with zero attached hydrogens (tertiary/aromatic N) is 1. The molecular formula is C19H19NO5. The maximum atomic E-state index is 12.5. The van der Waals surface area contributed by atoms with Crippen molar-refractivity contribution in [2.75, 3.05) is 0 Å². The van der Waals surface area contributed by atoms with Crippen molar-refractivity contribution in [2.24, 2.45) is 0 Å². The lowest BCUT2D eigenvalue weighted by Crippen LogP contribution is -2.42. The normalized spacial score (nSPS) is 23.4. The average Bonchev–Trinajstić information content (AvgIpc) is 2.62. The summed E-state index contributed by atoms with van der Waals surface area (Å²) >= 11 is 0. The molecule has 25 heavy (non-hydrogen) atoms. The van der Waals surface area contributed by atoms with Crippen LogP contribution in [0.2, 0.25) is 0 Å². The van der Waals surface area contributed by atoms with E-state index in [4.69, 9.17) is 9.47 Å². The lowest BCUT2D eigenvalue weighted by atomic mass is 9.95. The molecule has 0 N–H and O–H groups in total. The molecule has 0 bridgehead atoms. The maximum absolute atomic E-state index is 12.5. The molecule has 0 spiro atoms. The second-order valence-corrected chi connectivity index (χ2v) is 6.07. The van der Waals surface area contributed by atoms with Gasteiger partial charge in [-0.3, -0.25) is 14.9 Å². The zero-order valence-electron chi connectivity index (χ0n) is 13.8. The van der Waals surface area contributed by atoms with Crippen LogP contribution in [0.5, 0.6) is 0 Å². The molecule has 3 atom stereocenters. The molecule has 0 aromatic heterocycles. The first-order chi connectivity index (χ1) is 12.0. The second-order valence-electron chi connectivity index (χ2n) is 6.07. The van der Waals surface area contributed by atoms with E-state index in [1.54, 1.807) is 12.1 Å². The Labute approximate surface area is 145 Å². The van der Waals surface area contributed by atoms with Crippen LogP contribution >= 0.6 is 0 Å². The topological polar surface area (TPSA) is 78.7 Å². The van der Waals surface area contributed by atoms with E-state index in [2.05, 4.69) is 0 Å². The van der Waals surface area contributed by atoms with Gasteiger partial charge in [0.2, 0.25) is 0 Å². The van der Waals surface area contributed by atoms with Gasteiger partial charge in [-0.2, -0.15) is 0 Å². The monoisotopic (exact) mass is 341 g/mol. The molecule has 0 saturated carbocycles. The molecular weight excluding hydrogens is 322 g/mol. The number of nitro groups is 1. The van der Waals surface area contributed by atoms with Gasteiger partial charge in [0.25, 0.3) is 5.69 Å². The van der Waals surface area contributed by atoms with Crippen LogP contribution in [0.4, 0.5) is 5.69 Å². The fraction of sp³-hybridized carbons (Fsp3) is 0.316. The third-order valence-electron chi connectivity index (χ3n) is 4.26. The van der Waals surface area contributed by atoms with E-state index >= 15 is 0 Å². The quantitative estimate of drug-likeness (QED) is 0.613. The highest BCUT2D eigenvalue weighted by Crippen LogP contribution is 2.31. The number of hydrogen-bond acceptors (Lipinski definition) is 5. The number of Topliss-reactive ketones (excluding diaryl/α,β-unsaturated/α-hetero) is 1. The summed E-state index contributed by atoms with van der Waals surface area (Å²) in [6, 6.07) is 15.8. The van der Waals surface area contributed by atoms with Crippen LogP contribution in [0.15, 0.2) is 54.6 Å². The first-order valence-electron chi connectivity index (χ1n) is 8.12. The Kier molecular flexibility index (Phi) is 5.21. The van der Waals surface area contributed by atoms with Gasteiger partial charge in [-0.25, -0.2) is 0 Å². The average molecular weight is 341 g/mol. The van der Waals surface area contributed by atoms with Crippen LogP contribution in [-0.4, -0.2) is 22.9 Å². The minimum absolute atomic E-state index is 0.0157. The summed E-state index contributed by atoms with van der Waals surface area (Å²) in [6.07, 6.45) is -1.19. The molecule has 0 amide bonds. The number of ketones is 1. The fourth-order valence-corrected chi connectivity index (χ4v) is 2.94. The van der Waals surface area contributed by atoms with Gasteiger partial charge < -0.3 is 9.47 Å². The summed E-state index contributed by atoms with van der Waals surface area (Å²) in [4.78, 5) is 22.7. The van der Waals surface area contributed by atoms with E-state index in [-0.39, 0.29) is 24.0 Å². The SMILES string of the molecule is C[C@H]1O[C@H](c2ccc([N+](=O)[O-])cc2)CC(=O)[C@@H]1OCc1ccccc1. The number of carbonyl (C=O) groups excluding carboxylic acids is 1. The van der Waals surface area contributed by atoms with Crippen LogP contribution in [0.3, 0.4) is 0 Å². The van der Waals surface area contributed by atoms with Gasteiger partial charge in [-0.1, -0.05) is 30.3 Å². The predicted octanol–water partition coefficient (Wildman–Crippen LogP) is 3.60. The van der Waals surface area contributed by atoms with Crippen molar-refractivity contribution in [3.8, 4) is 0 Å². The molecule has 0 unspecified atom stereocenters. The smallest absolute Gasteiger partial charge is 0.269 e. The third-order valence-corrected chi connectivity index (χ3v) is 4.26. The largest absolute Gasteiger partial charge is 0.367 e. The molecule has 1 aliphatic heterocycles. The molecule has 1 heterocycles. The number of hydrogen-bond donors (Lipinski definition) is 0. The summed E-state index contributed by atoms with van der Waals surface area (Å²) in [7, 11) is 0. The van der Waals surface area contributed by atoms with E-state index < -0.39 is 17.1 Å². The lowest BCUT2D eigenvalue weighted by Gasteiger charge is -2.33. The second kappa shape index (κ2) is 7.55. The molecule has 0 aliphatic carbocycles. The fourth-order valence-electron chi connectivity index (χ4n) is 2.94. The van der Waals surface area contributed by atoms with Crippen LogP contribution in [-0.2, 0) is 20.9 Å². The maximum Gasteiger partial charge on any atom is 0.269 e. The van der Waals surface area contributed by atoms with Gasteiger partial charge in [0.15, 0.2) is 5.78 Å². The van der Waals surface area contributed by atoms with Crippen LogP contribution in [0.1, 0.15) is 30.6 Å². The minimum atomic E-state index is -0.602. The van der Waals surface area contributed by atoms with Gasteiger partial charge in [0.1, 0.15) is 6.10 Å². The predicted molar refractivity (Wildman–Crippen MR) is 91.0 cm³/mol. The van der Waals surface area contributed by atoms with E-state index in [1.165, 1.54) is 12.1 Å². The molecule has 1 fully saturated rings. The minimum Gasteiger partial charge on any atom is -0.367 e. The first-order valence-corrected chi connectivity index (χ1v) is 8.12. The van der Waals surface area contributed by atoms with E-state index in [9.17, 15) is 14.9 Å². The standard InChI is InChI=1S/C19H19NO5/c1-13-19(24-12-14-5-3-2-4-6-14)17(21)11-18(25-13)15-7-9-16(10-8-15)20(22)23/h2-10,13,18-19H,11-12H2,1H3/t13-,18+,19-/m1/s1. The van der Waals surface area contributed by atoms with E-state index in [1.807, 2.05) is 37.3 Å². The Morgan fingerprint density at radius 3 is 2.44 bits per heavy atom. The van der Waals surface area contributed by atoms with E-state index in [0.29, 0.717) is 6.61 Å². The summed E-state index contributed by atoms with van der Waals surface area (Å²) < 4.78 is 11.7. The number of non-ortho nitro benzene ring substituents is 1. The van der Waals surface area contributed by atoms with Crippen LogP contribution in [0, 0.1) is 10.1 Å². The van der Waals surface area contributed by atoms with Crippen molar-refractivity contribution in [3.05, 3.63) is 75.8 Å². The number of rotatable bonds is 5. The summed E-state index contributed by atoms with van der Waals surface area (Å²) in [5, 5.41) is 10.7. The number of carbonyl (C=O) groups is 1. The molecule has 6 nitrogen and oxygen atoms in total. The molecule has 3 rings (SSSR count).